The Balaban J connectivity index is 2.00. The molecule has 1 amide bonds. The molecule has 1 fully saturated rings. The fourth-order valence-electron chi connectivity index (χ4n) is 3.85. The van der Waals surface area contributed by atoms with Crippen LogP contribution in [-0.2, 0) is 11.2 Å². The lowest BCUT2D eigenvalue weighted by Crippen LogP contribution is -2.56. The fourth-order valence-corrected chi connectivity index (χ4v) is 4.29. The van der Waals surface area contributed by atoms with Gasteiger partial charge in [-0.15, -0.1) is 0 Å². The van der Waals surface area contributed by atoms with Gasteiger partial charge in [-0.1, -0.05) is 43.1 Å². The van der Waals surface area contributed by atoms with Gasteiger partial charge in [0.2, 0.25) is 0 Å². The fraction of sp³-hybridized carbons (Fsp3) is 0.632. The van der Waals surface area contributed by atoms with Gasteiger partial charge in [0, 0.05) is 11.0 Å². The van der Waals surface area contributed by atoms with E-state index in [1.165, 1.54) is 0 Å². The Morgan fingerprint density at radius 1 is 1.42 bits per heavy atom. The average Bonchev–Trinajstić information content (AvgIpc) is 2.50. The number of phenols is 1. The first-order valence-corrected chi connectivity index (χ1v) is 9.51. The van der Waals surface area contributed by atoms with Gasteiger partial charge in [0.15, 0.2) is 0 Å². The summed E-state index contributed by atoms with van der Waals surface area (Å²) in [5.74, 6) is 0.578. The van der Waals surface area contributed by atoms with Crippen molar-refractivity contribution in [3.05, 3.63) is 28.2 Å². The van der Waals surface area contributed by atoms with Crippen molar-refractivity contribution in [1.82, 2.24) is 5.32 Å². The second-order valence-corrected chi connectivity index (χ2v) is 8.30. The highest BCUT2D eigenvalue weighted by Crippen LogP contribution is 2.41. The molecule has 134 valence electrons. The third-order valence-corrected chi connectivity index (χ3v) is 5.92. The smallest absolute Gasteiger partial charge is 0.252 e. The van der Waals surface area contributed by atoms with E-state index >= 15 is 0 Å². The van der Waals surface area contributed by atoms with Gasteiger partial charge < -0.3 is 15.5 Å². The van der Waals surface area contributed by atoms with Crippen molar-refractivity contribution in [3.8, 4) is 5.75 Å². The summed E-state index contributed by atoms with van der Waals surface area (Å²) in [4.78, 5) is 12.7. The molecular formula is C19H28BrNO3. The van der Waals surface area contributed by atoms with E-state index in [9.17, 15) is 15.0 Å². The first-order valence-electron chi connectivity index (χ1n) is 8.72. The summed E-state index contributed by atoms with van der Waals surface area (Å²) in [5, 5.41) is 23.5. The quantitative estimate of drug-likeness (QED) is 0.710. The third kappa shape index (κ3) is 4.31. The maximum atomic E-state index is 12.7. The van der Waals surface area contributed by atoms with E-state index in [0.717, 1.165) is 22.9 Å². The second-order valence-electron chi connectivity index (χ2n) is 7.44. The number of aromatic hydroxyl groups is 1. The molecule has 1 aromatic carbocycles. The van der Waals surface area contributed by atoms with Gasteiger partial charge >= 0.3 is 0 Å². The van der Waals surface area contributed by atoms with Gasteiger partial charge in [-0.05, 0) is 60.8 Å². The molecule has 1 aromatic rings. The van der Waals surface area contributed by atoms with E-state index in [0.29, 0.717) is 25.3 Å². The van der Waals surface area contributed by atoms with Crippen LogP contribution in [0.4, 0.5) is 0 Å². The SMILES string of the molecule is CC1CCC(C(C)C)C(O)(C(=O)NCCc2cc(O)ccc2Br)C1. The molecule has 4 nitrogen and oxygen atoms in total. The highest BCUT2D eigenvalue weighted by Gasteiger charge is 2.48. The molecule has 1 aliphatic rings. The summed E-state index contributed by atoms with van der Waals surface area (Å²) >= 11 is 3.45. The molecule has 1 saturated carbocycles. The second kappa shape index (κ2) is 7.87. The summed E-state index contributed by atoms with van der Waals surface area (Å²) in [5.41, 5.74) is -0.346. The van der Waals surface area contributed by atoms with Crippen LogP contribution in [0.5, 0.6) is 5.75 Å². The molecule has 24 heavy (non-hydrogen) atoms. The largest absolute Gasteiger partial charge is 0.508 e. The van der Waals surface area contributed by atoms with Gasteiger partial charge in [-0.25, -0.2) is 0 Å². The van der Waals surface area contributed by atoms with E-state index in [4.69, 9.17) is 0 Å². The molecular weight excluding hydrogens is 370 g/mol. The average molecular weight is 398 g/mol. The Bertz CT molecular complexity index is 590. The predicted octanol–water partition coefficient (Wildman–Crippen LogP) is 3.64. The van der Waals surface area contributed by atoms with Crippen molar-refractivity contribution in [2.45, 2.75) is 52.1 Å². The number of carbonyl (C=O) groups is 1. The van der Waals surface area contributed by atoms with E-state index in [2.05, 4.69) is 42.0 Å². The summed E-state index contributed by atoms with van der Waals surface area (Å²) in [6.07, 6.45) is 3.08. The molecule has 1 aliphatic carbocycles. The molecule has 3 N–H and O–H groups in total. The number of phenolic OH excluding ortho intramolecular Hbond substituents is 1. The summed E-state index contributed by atoms with van der Waals surface area (Å²) in [6.45, 7) is 6.67. The van der Waals surface area contributed by atoms with Crippen LogP contribution in [0.25, 0.3) is 0 Å². The minimum absolute atomic E-state index is 0.00112. The van der Waals surface area contributed by atoms with Gasteiger partial charge in [-0.3, -0.25) is 4.79 Å². The Kier molecular flexibility index (Phi) is 6.32. The van der Waals surface area contributed by atoms with Crippen LogP contribution < -0.4 is 5.32 Å². The monoisotopic (exact) mass is 397 g/mol. The normalized spacial score (nSPS) is 27.2. The molecule has 0 aliphatic heterocycles. The number of amides is 1. The molecule has 0 spiro atoms. The van der Waals surface area contributed by atoms with Gasteiger partial charge in [0.1, 0.15) is 11.4 Å². The minimum atomic E-state index is -1.28. The highest BCUT2D eigenvalue weighted by molar-refractivity contribution is 9.10. The summed E-state index contributed by atoms with van der Waals surface area (Å²) < 4.78 is 0.902. The van der Waals surface area contributed by atoms with Crippen LogP contribution in [0.15, 0.2) is 22.7 Å². The van der Waals surface area contributed by atoms with E-state index in [1.807, 2.05) is 0 Å². The predicted molar refractivity (Wildman–Crippen MR) is 98.8 cm³/mol. The number of hydrogen-bond acceptors (Lipinski definition) is 3. The van der Waals surface area contributed by atoms with E-state index in [1.54, 1.807) is 18.2 Å². The van der Waals surface area contributed by atoms with Crippen molar-refractivity contribution in [2.75, 3.05) is 6.54 Å². The van der Waals surface area contributed by atoms with Crippen LogP contribution in [-0.4, -0.2) is 28.3 Å². The lowest BCUT2D eigenvalue weighted by molar-refractivity contribution is -0.155. The topological polar surface area (TPSA) is 69.6 Å². The van der Waals surface area contributed by atoms with Crippen LogP contribution in [0.1, 0.15) is 45.6 Å². The number of halogens is 1. The van der Waals surface area contributed by atoms with Gasteiger partial charge in [-0.2, -0.15) is 0 Å². The van der Waals surface area contributed by atoms with Crippen LogP contribution in [0, 0.1) is 17.8 Å². The summed E-state index contributed by atoms with van der Waals surface area (Å²) in [6, 6.07) is 5.09. The van der Waals surface area contributed by atoms with Crippen LogP contribution in [0.3, 0.4) is 0 Å². The first-order chi connectivity index (χ1) is 11.2. The Hall–Kier alpha value is -1.07. The Morgan fingerprint density at radius 3 is 2.79 bits per heavy atom. The number of carbonyl (C=O) groups excluding carboxylic acids is 1. The number of benzene rings is 1. The summed E-state index contributed by atoms with van der Waals surface area (Å²) in [7, 11) is 0. The molecule has 3 atom stereocenters. The molecule has 0 radical (unpaired) electrons. The minimum Gasteiger partial charge on any atom is -0.508 e. The number of aliphatic hydroxyl groups is 1. The molecule has 0 bridgehead atoms. The number of nitrogens with one attached hydrogen (secondary N) is 1. The first kappa shape index (κ1) is 19.3. The van der Waals surface area contributed by atoms with Crippen molar-refractivity contribution in [3.63, 3.8) is 0 Å². The Morgan fingerprint density at radius 2 is 2.12 bits per heavy atom. The molecule has 2 rings (SSSR count). The van der Waals surface area contributed by atoms with Crippen molar-refractivity contribution in [1.29, 1.82) is 0 Å². The number of rotatable bonds is 5. The molecule has 5 heteroatoms. The third-order valence-electron chi connectivity index (χ3n) is 5.15. The van der Waals surface area contributed by atoms with Crippen LogP contribution >= 0.6 is 15.9 Å². The standard InChI is InChI=1S/C19H28BrNO3/c1-12(2)16-6-4-13(3)11-19(16,24)18(23)21-9-8-14-10-15(22)5-7-17(14)20/h5,7,10,12-13,16,22,24H,4,6,8-9,11H2,1-3H3,(H,21,23). The molecule has 0 saturated heterocycles. The van der Waals surface area contributed by atoms with E-state index < -0.39 is 5.60 Å². The lowest BCUT2D eigenvalue weighted by Gasteiger charge is -2.43. The zero-order chi connectivity index (χ0) is 17.9. The van der Waals surface area contributed by atoms with Crippen molar-refractivity contribution >= 4 is 21.8 Å². The molecule has 0 aromatic heterocycles. The molecule has 3 unspecified atom stereocenters. The maximum Gasteiger partial charge on any atom is 0.252 e. The maximum absolute atomic E-state index is 12.7. The van der Waals surface area contributed by atoms with Gasteiger partial charge in [0.05, 0.1) is 0 Å². The van der Waals surface area contributed by atoms with E-state index in [-0.39, 0.29) is 23.5 Å². The Labute approximate surface area is 152 Å². The van der Waals surface area contributed by atoms with Crippen LogP contribution in [0.2, 0.25) is 0 Å². The van der Waals surface area contributed by atoms with Crippen molar-refractivity contribution < 1.29 is 15.0 Å². The zero-order valence-electron chi connectivity index (χ0n) is 14.7. The lowest BCUT2D eigenvalue weighted by atomic mass is 9.66. The van der Waals surface area contributed by atoms with Crippen molar-refractivity contribution in [2.24, 2.45) is 17.8 Å². The zero-order valence-corrected chi connectivity index (χ0v) is 16.3. The highest BCUT2D eigenvalue weighted by atomic mass is 79.9. The van der Waals surface area contributed by atoms with Gasteiger partial charge in [0.25, 0.3) is 5.91 Å². The molecule has 0 heterocycles. The number of hydrogen-bond donors (Lipinski definition) is 3.